The van der Waals surface area contributed by atoms with Crippen LogP contribution in [0.25, 0.3) is 10.9 Å². The number of nitrogens with one attached hydrogen (secondary N) is 1. The van der Waals surface area contributed by atoms with E-state index in [1.807, 2.05) is 17.7 Å². The van der Waals surface area contributed by atoms with Gasteiger partial charge in [-0.15, -0.1) is 5.10 Å². The zero-order chi connectivity index (χ0) is 20.7. The van der Waals surface area contributed by atoms with E-state index in [9.17, 15) is 4.79 Å². The summed E-state index contributed by atoms with van der Waals surface area (Å²) in [5.74, 6) is 0.762. The highest BCUT2D eigenvalue weighted by atomic mass is 16.5. The number of morpholine rings is 1. The van der Waals surface area contributed by atoms with Crippen molar-refractivity contribution in [3.63, 3.8) is 0 Å². The van der Waals surface area contributed by atoms with Crippen LogP contribution in [0.2, 0.25) is 0 Å². The lowest BCUT2D eigenvalue weighted by Crippen LogP contribution is -2.42. The van der Waals surface area contributed by atoms with Gasteiger partial charge in [0.05, 0.1) is 24.8 Å². The van der Waals surface area contributed by atoms with E-state index >= 15 is 0 Å². The van der Waals surface area contributed by atoms with Gasteiger partial charge in [-0.3, -0.25) is 9.69 Å². The largest absolute Gasteiger partial charge is 0.379 e. The molecule has 2 fully saturated rings. The second kappa shape index (κ2) is 7.92. The monoisotopic (exact) mass is 408 g/mol. The number of benzene rings is 1. The molecule has 8 heteroatoms. The molecule has 1 atom stereocenters. The first-order chi connectivity index (χ1) is 14.6. The van der Waals surface area contributed by atoms with Crippen molar-refractivity contribution in [2.75, 3.05) is 26.3 Å². The molecule has 0 bridgehead atoms. The third kappa shape index (κ3) is 3.44. The van der Waals surface area contributed by atoms with Gasteiger partial charge in [0, 0.05) is 18.7 Å². The molecule has 2 aliphatic rings. The summed E-state index contributed by atoms with van der Waals surface area (Å²) in [6, 6.07) is 6.26. The Morgan fingerprint density at radius 2 is 1.90 bits per heavy atom. The van der Waals surface area contributed by atoms with Crippen LogP contribution in [-0.4, -0.2) is 56.4 Å². The van der Waals surface area contributed by atoms with Crippen molar-refractivity contribution in [3.05, 3.63) is 51.1 Å². The number of hydrogen-bond acceptors (Lipinski definition) is 6. The smallest absolute Gasteiger partial charge is 0.253 e. The Morgan fingerprint density at radius 1 is 1.13 bits per heavy atom. The topological polar surface area (TPSA) is 88.9 Å². The van der Waals surface area contributed by atoms with E-state index in [0.717, 1.165) is 48.2 Å². The number of ether oxygens (including phenoxy) is 1. The predicted octanol–water partition coefficient (Wildman–Crippen LogP) is 2.67. The molecule has 1 saturated heterocycles. The molecule has 1 unspecified atom stereocenters. The van der Waals surface area contributed by atoms with Gasteiger partial charge in [0.15, 0.2) is 5.82 Å². The molecule has 1 N–H and O–H groups in total. The zero-order valence-corrected chi connectivity index (χ0v) is 17.6. The summed E-state index contributed by atoms with van der Waals surface area (Å²) in [6.07, 6.45) is 4.56. The van der Waals surface area contributed by atoms with Crippen LogP contribution < -0.4 is 5.56 Å². The molecule has 1 aliphatic carbocycles. The number of nitrogens with zero attached hydrogens (tertiary/aromatic N) is 5. The van der Waals surface area contributed by atoms with Gasteiger partial charge in [0.25, 0.3) is 5.56 Å². The standard InChI is InChI=1S/C22H28N6O2/c1-14-11-15(2)19-16(12-14)13-18(22(29)23-19)20(27-7-9-30-10-8-27)21-24-25-26-28(21)17-5-3-4-6-17/h11-13,17,20H,3-10H2,1-2H3,(H,23,29). The Bertz CT molecular complexity index is 1110. The predicted molar refractivity (Wildman–Crippen MR) is 114 cm³/mol. The van der Waals surface area contributed by atoms with Gasteiger partial charge in [-0.2, -0.15) is 0 Å². The van der Waals surface area contributed by atoms with E-state index in [-0.39, 0.29) is 11.6 Å². The zero-order valence-electron chi connectivity index (χ0n) is 17.6. The van der Waals surface area contributed by atoms with Crippen LogP contribution in [0.4, 0.5) is 0 Å². The molecule has 8 nitrogen and oxygen atoms in total. The second-order valence-corrected chi connectivity index (χ2v) is 8.57. The van der Waals surface area contributed by atoms with Crippen molar-refractivity contribution < 1.29 is 4.74 Å². The number of aromatic amines is 1. The van der Waals surface area contributed by atoms with E-state index in [4.69, 9.17) is 4.74 Å². The highest BCUT2D eigenvalue weighted by Crippen LogP contribution is 2.34. The normalized spacial score (nSPS) is 19.5. The van der Waals surface area contributed by atoms with Gasteiger partial charge in [0.1, 0.15) is 6.04 Å². The molecule has 1 aliphatic heterocycles. The fourth-order valence-electron chi connectivity index (χ4n) is 5.03. The lowest BCUT2D eigenvalue weighted by molar-refractivity contribution is 0.0211. The van der Waals surface area contributed by atoms with Crippen LogP contribution in [0.3, 0.4) is 0 Å². The van der Waals surface area contributed by atoms with Crippen LogP contribution in [0.5, 0.6) is 0 Å². The number of aryl methyl sites for hydroxylation is 2. The van der Waals surface area contributed by atoms with Gasteiger partial charge in [-0.05, 0) is 60.2 Å². The first kappa shape index (κ1) is 19.4. The maximum absolute atomic E-state index is 13.3. The van der Waals surface area contributed by atoms with Gasteiger partial charge in [0.2, 0.25) is 0 Å². The van der Waals surface area contributed by atoms with E-state index in [1.165, 1.54) is 18.4 Å². The Morgan fingerprint density at radius 3 is 2.67 bits per heavy atom. The number of fused-ring (bicyclic) bond motifs is 1. The molecule has 3 aromatic rings. The van der Waals surface area contributed by atoms with E-state index in [2.05, 4.69) is 44.5 Å². The number of aromatic nitrogens is 5. The van der Waals surface area contributed by atoms with Gasteiger partial charge >= 0.3 is 0 Å². The molecule has 158 valence electrons. The molecule has 3 heterocycles. The average Bonchev–Trinajstić information content (AvgIpc) is 3.42. The van der Waals surface area contributed by atoms with Crippen LogP contribution >= 0.6 is 0 Å². The number of H-pyrrole nitrogens is 1. The molecule has 1 aromatic carbocycles. The maximum Gasteiger partial charge on any atom is 0.253 e. The summed E-state index contributed by atoms with van der Waals surface area (Å²) in [7, 11) is 0. The van der Waals surface area contributed by atoms with E-state index in [0.29, 0.717) is 24.8 Å². The number of hydrogen-bond donors (Lipinski definition) is 1. The highest BCUT2D eigenvalue weighted by molar-refractivity contribution is 5.83. The van der Waals surface area contributed by atoms with Crippen molar-refractivity contribution >= 4 is 10.9 Å². The van der Waals surface area contributed by atoms with Crippen LogP contribution in [0.1, 0.15) is 60.3 Å². The van der Waals surface area contributed by atoms with Crippen LogP contribution in [0.15, 0.2) is 23.0 Å². The molecular weight excluding hydrogens is 380 g/mol. The molecule has 30 heavy (non-hydrogen) atoms. The van der Waals surface area contributed by atoms with Crippen molar-refractivity contribution in [1.29, 1.82) is 0 Å². The lowest BCUT2D eigenvalue weighted by Gasteiger charge is -2.34. The highest BCUT2D eigenvalue weighted by Gasteiger charge is 2.33. The minimum atomic E-state index is -0.293. The minimum Gasteiger partial charge on any atom is -0.379 e. The third-order valence-corrected chi connectivity index (χ3v) is 6.46. The summed E-state index contributed by atoms with van der Waals surface area (Å²) in [4.78, 5) is 18.7. The molecular formula is C22H28N6O2. The summed E-state index contributed by atoms with van der Waals surface area (Å²) >= 11 is 0. The molecule has 0 radical (unpaired) electrons. The molecule has 0 spiro atoms. The Balaban J connectivity index is 1.67. The maximum atomic E-state index is 13.3. The number of tetrazole rings is 1. The molecule has 0 amide bonds. The van der Waals surface area contributed by atoms with Gasteiger partial charge < -0.3 is 9.72 Å². The first-order valence-electron chi connectivity index (χ1n) is 10.9. The van der Waals surface area contributed by atoms with E-state index < -0.39 is 0 Å². The quantitative estimate of drug-likeness (QED) is 0.714. The van der Waals surface area contributed by atoms with Crippen LogP contribution in [-0.2, 0) is 4.74 Å². The van der Waals surface area contributed by atoms with Crippen molar-refractivity contribution in [2.45, 2.75) is 51.6 Å². The SMILES string of the molecule is Cc1cc(C)c2[nH]c(=O)c(C(c3nnnn3C3CCCC3)N3CCOCC3)cc2c1. The van der Waals surface area contributed by atoms with E-state index in [1.54, 1.807) is 0 Å². The average molecular weight is 409 g/mol. The summed E-state index contributed by atoms with van der Waals surface area (Å²) in [5, 5.41) is 13.8. The Hall–Kier alpha value is -2.58. The second-order valence-electron chi connectivity index (χ2n) is 8.57. The molecule has 1 saturated carbocycles. The Labute approximate surface area is 175 Å². The van der Waals surface area contributed by atoms with Gasteiger partial charge in [-0.25, -0.2) is 4.68 Å². The van der Waals surface area contributed by atoms with Crippen molar-refractivity contribution in [2.24, 2.45) is 0 Å². The lowest BCUT2D eigenvalue weighted by atomic mass is 10.00. The summed E-state index contributed by atoms with van der Waals surface area (Å²) < 4.78 is 7.55. The first-order valence-corrected chi connectivity index (χ1v) is 10.9. The fraction of sp³-hybridized carbons (Fsp3) is 0.545. The summed E-state index contributed by atoms with van der Waals surface area (Å²) in [5.41, 5.74) is 3.77. The molecule has 2 aromatic heterocycles. The van der Waals surface area contributed by atoms with Crippen LogP contribution in [0, 0.1) is 13.8 Å². The third-order valence-electron chi connectivity index (χ3n) is 6.46. The minimum absolute atomic E-state index is 0.0769. The van der Waals surface area contributed by atoms with Crippen molar-refractivity contribution in [3.8, 4) is 0 Å². The van der Waals surface area contributed by atoms with Gasteiger partial charge in [-0.1, -0.05) is 24.5 Å². The van der Waals surface area contributed by atoms with Crippen molar-refractivity contribution in [1.82, 2.24) is 30.1 Å². The fourth-order valence-corrected chi connectivity index (χ4v) is 5.03. The molecule has 5 rings (SSSR count). The number of rotatable bonds is 4. The summed E-state index contributed by atoms with van der Waals surface area (Å²) in [6.45, 7) is 6.89. The Kier molecular flexibility index (Phi) is 5.12. The number of pyridine rings is 1.